The summed E-state index contributed by atoms with van der Waals surface area (Å²) in [6.07, 6.45) is 2.22. The minimum absolute atomic E-state index is 0.0110. The molecule has 4 rings (SSSR count). The van der Waals surface area contributed by atoms with Crippen molar-refractivity contribution in [3.8, 4) is 0 Å². The Labute approximate surface area is 144 Å². The largest absolute Gasteiger partial charge is 0.396 e. The van der Waals surface area contributed by atoms with Crippen LogP contribution in [0.4, 0.5) is 0 Å². The monoisotopic (exact) mass is 340 g/mol. The third-order valence-corrected chi connectivity index (χ3v) is 4.91. The van der Waals surface area contributed by atoms with Gasteiger partial charge in [0.15, 0.2) is 5.82 Å². The summed E-state index contributed by atoms with van der Waals surface area (Å²) >= 11 is 0. The summed E-state index contributed by atoms with van der Waals surface area (Å²) in [6.45, 7) is 2.75. The minimum atomic E-state index is -0.113. The van der Waals surface area contributed by atoms with E-state index in [1.807, 2.05) is 30.5 Å². The quantitative estimate of drug-likeness (QED) is 0.753. The zero-order chi connectivity index (χ0) is 17.4. The zero-order valence-electron chi connectivity index (χ0n) is 14.0. The molecule has 0 spiro atoms. The third kappa shape index (κ3) is 2.91. The van der Waals surface area contributed by atoms with Gasteiger partial charge in [-0.1, -0.05) is 23.4 Å². The van der Waals surface area contributed by atoms with Gasteiger partial charge in [0, 0.05) is 42.7 Å². The SMILES string of the molecule is Cc1noc([C@@H]2CN(C(=O)Cc3c[nH]c4ccccc34)C[C@H]2CO)n1. The number of carbonyl (C=O) groups is 1. The van der Waals surface area contributed by atoms with Gasteiger partial charge in [-0.05, 0) is 18.6 Å². The van der Waals surface area contributed by atoms with Crippen LogP contribution < -0.4 is 0 Å². The van der Waals surface area contributed by atoms with Gasteiger partial charge in [-0.2, -0.15) is 4.98 Å². The van der Waals surface area contributed by atoms with Crippen molar-refractivity contribution in [3.05, 3.63) is 47.7 Å². The number of hydrogen-bond acceptors (Lipinski definition) is 5. The number of benzene rings is 1. The Morgan fingerprint density at radius 2 is 2.24 bits per heavy atom. The van der Waals surface area contributed by atoms with E-state index < -0.39 is 0 Å². The summed E-state index contributed by atoms with van der Waals surface area (Å²) in [5.41, 5.74) is 2.01. The Morgan fingerprint density at radius 3 is 3.00 bits per heavy atom. The predicted molar refractivity (Wildman–Crippen MR) is 90.9 cm³/mol. The lowest BCUT2D eigenvalue weighted by Gasteiger charge is -2.15. The van der Waals surface area contributed by atoms with Gasteiger partial charge in [0.1, 0.15) is 0 Å². The molecule has 0 radical (unpaired) electrons. The molecule has 1 aliphatic heterocycles. The molecule has 1 aromatic carbocycles. The fourth-order valence-electron chi connectivity index (χ4n) is 3.56. The van der Waals surface area contributed by atoms with Crippen molar-refractivity contribution < 1.29 is 14.4 Å². The molecular weight excluding hydrogens is 320 g/mol. The number of H-pyrrole nitrogens is 1. The number of likely N-dealkylation sites (tertiary alicyclic amines) is 1. The summed E-state index contributed by atoms with van der Waals surface area (Å²) in [6, 6.07) is 7.94. The van der Waals surface area contributed by atoms with Gasteiger partial charge >= 0.3 is 0 Å². The van der Waals surface area contributed by atoms with Crippen molar-refractivity contribution in [1.29, 1.82) is 0 Å². The first-order valence-corrected chi connectivity index (χ1v) is 8.39. The molecule has 1 amide bonds. The van der Waals surface area contributed by atoms with Crippen LogP contribution in [0.3, 0.4) is 0 Å². The number of nitrogens with zero attached hydrogens (tertiary/aromatic N) is 3. The van der Waals surface area contributed by atoms with Gasteiger partial charge in [0.05, 0.1) is 12.3 Å². The van der Waals surface area contributed by atoms with Crippen LogP contribution in [0.15, 0.2) is 35.0 Å². The highest BCUT2D eigenvalue weighted by Crippen LogP contribution is 2.32. The van der Waals surface area contributed by atoms with E-state index in [4.69, 9.17) is 4.52 Å². The summed E-state index contributed by atoms with van der Waals surface area (Å²) < 4.78 is 5.26. The number of nitrogens with one attached hydrogen (secondary N) is 1. The van der Waals surface area contributed by atoms with Crippen molar-refractivity contribution in [2.45, 2.75) is 19.3 Å². The highest BCUT2D eigenvalue weighted by atomic mass is 16.5. The van der Waals surface area contributed by atoms with Crippen LogP contribution in [-0.2, 0) is 11.2 Å². The number of aliphatic hydroxyl groups is 1. The van der Waals surface area contributed by atoms with E-state index in [0.29, 0.717) is 31.2 Å². The molecule has 3 aromatic rings. The van der Waals surface area contributed by atoms with Crippen LogP contribution in [0.2, 0.25) is 0 Å². The molecule has 1 saturated heterocycles. The standard InChI is InChI=1S/C18H20N4O3/c1-11-20-18(25-21-11)15-9-22(8-13(15)10-23)17(24)6-12-7-19-16-5-3-2-4-14(12)16/h2-5,7,13,15,19,23H,6,8-10H2,1H3/t13-,15+/m0/s1. The number of aromatic amines is 1. The second-order valence-electron chi connectivity index (χ2n) is 6.56. The van der Waals surface area contributed by atoms with E-state index in [1.54, 1.807) is 11.8 Å². The first kappa shape index (κ1) is 15.8. The molecule has 1 aliphatic rings. The number of carbonyl (C=O) groups excluding carboxylic acids is 1. The van der Waals surface area contributed by atoms with E-state index in [0.717, 1.165) is 16.5 Å². The van der Waals surface area contributed by atoms with Crippen LogP contribution in [0, 0.1) is 12.8 Å². The van der Waals surface area contributed by atoms with E-state index >= 15 is 0 Å². The summed E-state index contributed by atoms with van der Waals surface area (Å²) in [5.74, 6) is 0.918. The van der Waals surface area contributed by atoms with Crippen molar-refractivity contribution in [1.82, 2.24) is 20.0 Å². The molecule has 2 N–H and O–H groups in total. The van der Waals surface area contributed by atoms with Gasteiger partial charge in [-0.25, -0.2) is 0 Å². The highest BCUT2D eigenvalue weighted by Gasteiger charge is 2.38. The molecule has 1 fully saturated rings. The molecule has 2 aromatic heterocycles. The van der Waals surface area contributed by atoms with E-state index in [2.05, 4.69) is 15.1 Å². The first-order valence-electron chi connectivity index (χ1n) is 8.39. The van der Waals surface area contributed by atoms with Crippen molar-refractivity contribution >= 4 is 16.8 Å². The van der Waals surface area contributed by atoms with Gasteiger partial charge in [-0.3, -0.25) is 4.79 Å². The van der Waals surface area contributed by atoms with E-state index in [9.17, 15) is 9.90 Å². The summed E-state index contributed by atoms with van der Waals surface area (Å²) in [7, 11) is 0. The Balaban J connectivity index is 1.51. The number of fused-ring (bicyclic) bond motifs is 1. The molecule has 0 saturated carbocycles. The maximum Gasteiger partial charge on any atom is 0.231 e. The van der Waals surface area contributed by atoms with Crippen LogP contribution >= 0.6 is 0 Å². The Morgan fingerprint density at radius 1 is 1.40 bits per heavy atom. The van der Waals surface area contributed by atoms with E-state index in [1.165, 1.54) is 0 Å². The highest BCUT2D eigenvalue weighted by molar-refractivity contribution is 5.89. The fourth-order valence-corrected chi connectivity index (χ4v) is 3.56. The smallest absolute Gasteiger partial charge is 0.231 e. The zero-order valence-corrected chi connectivity index (χ0v) is 14.0. The van der Waals surface area contributed by atoms with Crippen molar-refractivity contribution in [2.24, 2.45) is 5.92 Å². The second-order valence-corrected chi connectivity index (χ2v) is 6.56. The number of aromatic nitrogens is 3. The molecule has 7 heteroatoms. The molecule has 0 aliphatic carbocycles. The Kier molecular flexibility index (Phi) is 4.01. The van der Waals surface area contributed by atoms with Gasteiger partial charge in [0.25, 0.3) is 0 Å². The number of amides is 1. The number of aryl methyl sites for hydroxylation is 1. The molecule has 3 heterocycles. The van der Waals surface area contributed by atoms with Crippen LogP contribution in [-0.4, -0.2) is 50.7 Å². The third-order valence-electron chi connectivity index (χ3n) is 4.91. The van der Waals surface area contributed by atoms with Crippen LogP contribution in [0.1, 0.15) is 23.2 Å². The molecule has 0 unspecified atom stereocenters. The lowest BCUT2D eigenvalue weighted by Crippen LogP contribution is -2.30. The molecule has 0 bridgehead atoms. The van der Waals surface area contributed by atoms with Gasteiger partial charge < -0.3 is 19.5 Å². The minimum Gasteiger partial charge on any atom is -0.396 e. The van der Waals surface area contributed by atoms with Crippen molar-refractivity contribution in [3.63, 3.8) is 0 Å². The number of rotatable bonds is 4. The lowest BCUT2D eigenvalue weighted by atomic mass is 9.97. The van der Waals surface area contributed by atoms with Gasteiger partial charge in [0.2, 0.25) is 11.8 Å². The molecule has 25 heavy (non-hydrogen) atoms. The summed E-state index contributed by atoms with van der Waals surface area (Å²) in [5, 5.41) is 14.6. The maximum atomic E-state index is 12.8. The molecule has 130 valence electrons. The fraction of sp³-hybridized carbons (Fsp3) is 0.389. The number of aliphatic hydroxyl groups excluding tert-OH is 1. The number of para-hydroxylation sites is 1. The second kappa shape index (κ2) is 6.33. The maximum absolute atomic E-state index is 12.8. The topological polar surface area (TPSA) is 95.2 Å². The van der Waals surface area contributed by atoms with E-state index in [-0.39, 0.29) is 24.3 Å². The summed E-state index contributed by atoms with van der Waals surface area (Å²) in [4.78, 5) is 22.0. The molecule has 2 atom stereocenters. The van der Waals surface area contributed by atoms with Crippen LogP contribution in [0.25, 0.3) is 10.9 Å². The predicted octanol–water partition coefficient (Wildman–Crippen LogP) is 1.64. The number of hydrogen-bond donors (Lipinski definition) is 2. The van der Waals surface area contributed by atoms with Crippen molar-refractivity contribution in [2.75, 3.05) is 19.7 Å². The molecular formula is C18H20N4O3. The Hall–Kier alpha value is -2.67. The normalized spacial score (nSPS) is 20.5. The Bertz CT molecular complexity index is 901. The average Bonchev–Trinajstić information content (AvgIpc) is 3.33. The first-order chi connectivity index (χ1) is 12.2. The van der Waals surface area contributed by atoms with Crippen LogP contribution in [0.5, 0.6) is 0 Å². The van der Waals surface area contributed by atoms with Gasteiger partial charge in [-0.15, -0.1) is 0 Å². The average molecular weight is 340 g/mol. The molecule has 7 nitrogen and oxygen atoms in total. The lowest BCUT2D eigenvalue weighted by molar-refractivity contribution is -0.129.